The van der Waals surface area contributed by atoms with Gasteiger partial charge in [-0.1, -0.05) is 0 Å². The minimum atomic E-state index is 0.219. The third kappa shape index (κ3) is 2.11. The Balaban J connectivity index is 1.73. The van der Waals surface area contributed by atoms with Crippen molar-refractivity contribution in [3.8, 4) is 0 Å². The second-order valence-corrected chi connectivity index (χ2v) is 6.18. The lowest BCUT2D eigenvalue weighted by molar-refractivity contribution is 0.0719. The van der Waals surface area contributed by atoms with E-state index in [-0.39, 0.29) is 11.9 Å². The smallest absolute Gasteiger partial charge is 0.263 e. The summed E-state index contributed by atoms with van der Waals surface area (Å²) in [7, 11) is 0. The molecular formula is C13H18N2OS. The maximum atomic E-state index is 12.3. The predicted molar refractivity (Wildman–Crippen MR) is 69.5 cm³/mol. The number of nitrogens with two attached hydrogens (primary N) is 1. The molecule has 1 aliphatic heterocycles. The van der Waals surface area contributed by atoms with E-state index in [1.807, 2.05) is 4.90 Å². The van der Waals surface area contributed by atoms with Crippen molar-refractivity contribution in [1.29, 1.82) is 0 Å². The van der Waals surface area contributed by atoms with Gasteiger partial charge in [0.25, 0.3) is 5.91 Å². The van der Waals surface area contributed by atoms with Crippen LogP contribution in [-0.2, 0) is 12.8 Å². The number of hydrogen-bond donors (Lipinski definition) is 1. The van der Waals surface area contributed by atoms with E-state index in [2.05, 4.69) is 6.07 Å². The number of amides is 1. The van der Waals surface area contributed by atoms with E-state index in [4.69, 9.17) is 5.73 Å². The molecule has 92 valence electrons. The summed E-state index contributed by atoms with van der Waals surface area (Å²) >= 11 is 1.70. The van der Waals surface area contributed by atoms with Gasteiger partial charge >= 0.3 is 0 Å². The molecule has 1 aromatic heterocycles. The standard InChI is InChI=1S/C13H18N2OS/c14-10-4-6-15(7-5-10)13(16)12-8-9-2-1-3-11(9)17-12/h8,10H,1-7,14H2. The molecule has 17 heavy (non-hydrogen) atoms. The lowest BCUT2D eigenvalue weighted by Gasteiger charge is -2.29. The molecule has 0 saturated carbocycles. The van der Waals surface area contributed by atoms with Crippen molar-refractivity contribution in [3.63, 3.8) is 0 Å². The summed E-state index contributed by atoms with van der Waals surface area (Å²) in [5.74, 6) is 0.219. The molecule has 0 spiro atoms. The number of piperidine rings is 1. The van der Waals surface area contributed by atoms with Crippen LogP contribution in [0.3, 0.4) is 0 Å². The van der Waals surface area contributed by atoms with Crippen LogP contribution in [0.25, 0.3) is 0 Å². The fourth-order valence-corrected chi connectivity index (χ4v) is 3.91. The number of thiophene rings is 1. The fourth-order valence-electron chi connectivity index (χ4n) is 2.69. The highest BCUT2D eigenvalue weighted by molar-refractivity contribution is 7.14. The zero-order chi connectivity index (χ0) is 11.8. The van der Waals surface area contributed by atoms with Crippen LogP contribution in [0.2, 0.25) is 0 Å². The monoisotopic (exact) mass is 250 g/mol. The van der Waals surface area contributed by atoms with Crippen molar-refractivity contribution >= 4 is 17.2 Å². The number of aryl methyl sites for hydroxylation is 2. The van der Waals surface area contributed by atoms with Crippen LogP contribution in [0.1, 0.15) is 39.4 Å². The van der Waals surface area contributed by atoms with E-state index in [9.17, 15) is 4.79 Å². The summed E-state index contributed by atoms with van der Waals surface area (Å²) in [5.41, 5.74) is 7.27. The van der Waals surface area contributed by atoms with Gasteiger partial charge in [0.2, 0.25) is 0 Å². The van der Waals surface area contributed by atoms with Gasteiger partial charge in [0.15, 0.2) is 0 Å². The molecular weight excluding hydrogens is 232 g/mol. The van der Waals surface area contributed by atoms with Crippen LogP contribution in [-0.4, -0.2) is 29.9 Å². The summed E-state index contributed by atoms with van der Waals surface area (Å²) in [6.07, 6.45) is 5.46. The van der Waals surface area contributed by atoms with Crippen molar-refractivity contribution in [3.05, 3.63) is 21.4 Å². The molecule has 1 saturated heterocycles. The topological polar surface area (TPSA) is 46.3 Å². The third-order valence-electron chi connectivity index (χ3n) is 3.78. The van der Waals surface area contributed by atoms with Crippen molar-refractivity contribution in [2.75, 3.05) is 13.1 Å². The van der Waals surface area contributed by atoms with Gasteiger partial charge in [-0.15, -0.1) is 11.3 Å². The molecule has 3 nitrogen and oxygen atoms in total. The fraction of sp³-hybridized carbons (Fsp3) is 0.615. The first kappa shape index (κ1) is 11.2. The van der Waals surface area contributed by atoms with E-state index < -0.39 is 0 Å². The highest BCUT2D eigenvalue weighted by atomic mass is 32.1. The molecule has 2 aliphatic rings. The Morgan fingerprint density at radius 3 is 2.82 bits per heavy atom. The molecule has 4 heteroatoms. The summed E-state index contributed by atoms with van der Waals surface area (Å²) in [6, 6.07) is 2.40. The van der Waals surface area contributed by atoms with Crippen LogP contribution in [0.4, 0.5) is 0 Å². The Morgan fingerprint density at radius 1 is 1.35 bits per heavy atom. The highest BCUT2D eigenvalue weighted by Crippen LogP contribution is 2.31. The number of nitrogens with zero attached hydrogens (tertiary/aromatic N) is 1. The van der Waals surface area contributed by atoms with Crippen molar-refractivity contribution < 1.29 is 4.79 Å². The van der Waals surface area contributed by atoms with Gasteiger partial charge in [0.1, 0.15) is 0 Å². The highest BCUT2D eigenvalue weighted by Gasteiger charge is 2.25. The summed E-state index contributed by atoms with van der Waals surface area (Å²) in [5, 5.41) is 0. The predicted octanol–water partition coefficient (Wildman–Crippen LogP) is 1.80. The Bertz CT molecular complexity index is 411. The average molecular weight is 250 g/mol. The quantitative estimate of drug-likeness (QED) is 0.826. The van der Waals surface area contributed by atoms with Crippen molar-refractivity contribution in [1.82, 2.24) is 4.90 Å². The number of fused-ring (bicyclic) bond motifs is 1. The number of carbonyl (C=O) groups excluding carboxylic acids is 1. The minimum absolute atomic E-state index is 0.219. The first-order chi connectivity index (χ1) is 8.24. The van der Waals surface area contributed by atoms with Gasteiger partial charge in [-0.25, -0.2) is 0 Å². The van der Waals surface area contributed by atoms with Crippen LogP contribution >= 0.6 is 11.3 Å². The Kier molecular flexibility index (Phi) is 2.92. The number of carbonyl (C=O) groups is 1. The van der Waals surface area contributed by atoms with E-state index in [1.54, 1.807) is 11.3 Å². The SMILES string of the molecule is NC1CCN(C(=O)c2cc3c(s2)CCC3)CC1. The second kappa shape index (κ2) is 4.42. The summed E-state index contributed by atoms with van der Waals surface area (Å²) in [6.45, 7) is 1.64. The van der Waals surface area contributed by atoms with Crippen LogP contribution in [0.5, 0.6) is 0 Å². The average Bonchev–Trinajstić information content (AvgIpc) is 2.89. The molecule has 0 atom stereocenters. The van der Waals surface area contributed by atoms with Gasteiger partial charge in [-0.2, -0.15) is 0 Å². The molecule has 2 N–H and O–H groups in total. The number of rotatable bonds is 1. The van der Waals surface area contributed by atoms with Gasteiger partial charge in [-0.3, -0.25) is 4.79 Å². The zero-order valence-electron chi connectivity index (χ0n) is 9.95. The molecule has 0 unspecified atom stereocenters. The van der Waals surface area contributed by atoms with Crippen LogP contribution in [0.15, 0.2) is 6.07 Å². The van der Waals surface area contributed by atoms with Crippen molar-refractivity contribution in [2.45, 2.75) is 38.1 Å². The molecule has 1 aliphatic carbocycles. The second-order valence-electron chi connectivity index (χ2n) is 5.04. The normalized spacial score (nSPS) is 20.6. The largest absolute Gasteiger partial charge is 0.338 e. The lowest BCUT2D eigenvalue weighted by Crippen LogP contribution is -2.42. The van der Waals surface area contributed by atoms with Crippen molar-refractivity contribution in [2.24, 2.45) is 5.73 Å². The van der Waals surface area contributed by atoms with E-state index in [1.165, 1.54) is 16.9 Å². The van der Waals surface area contributed by atoms with E-state index in [0.29, 0.717) is 0 Å². The van der Waals surface area contributed by atoms with Gasteiger partial charge in [0.05, 0.1) is 4.88 Å². The Hall–Kier alpha value is -0.870. The van der Waals surface area contributed by atoms with E-state index in [0.717, 1.165) is 43.6 Å². The van der Waals surface area contributed by atoms with E-state index >= 15 is 0 Å². The maximum absolute atomic E-state index is 12.3. The Morgan fingerprint density at radius 2 is 2.12 bits per heavy atom. The van der Waals surface area contributed by atoms with Crippen LogP contribution in [0, 0.1) is 0 Å². The summed E-state index contributed by atoms with van der Waals surface area (Å²) in [4.78, 5) is 16.6. The molecule has 0 radical (unpaired) electrons. The zero-order valence-corrected chi connectivity index (χ0v) is 10.8. The van der Waals surface area contributed by atoms with Crippen LogP contribution < -0.4 is 5.73 Å². The summed E-state index contributed by atoms with van der Waals surface area (Å²) < 4.78 is 0. The number of likely N-dealkylation sites (tertiary alicyclic amines) is 1. The Labute approximate surface area is 106 Å². The molecule has 2 heterocycles. The van der Waals surface area contributed by atoms with Gasteiger partial charge < -0.3 is 10.6 Å². The molecule has 3 rings (SSSR count). The first-order valence-corrected chi connectivity index (χ1v) is 7.22. The molecule has 1 amide bonds. The molecule has 0 bridgehead atoms. The maximum Gasteiger partial charge on any atom is 0.263 e. The minimum Gasteiger partial charge on any atom is -0.338 e. The van der Waals surface area contributed by atoms with Gasteiger partial charge in [0, 0.05) is 24.0 Å². The number of hydrogen-bond acceptors (Lipinski definition) is 3. The van der Waals surface area contributed by atoms with Gasteiger partial charge in [-0.05, 0) is 43.7 Å². The lowest BCUT2D eigenvalue weighted by atomic mass is 10.1. The molecule has 1 aromatic rings. The first-order valence-electron chi connectivity index (χ1n) is 6.40. The molecule has 1 fully saturated rings. The third-order valence-corrected chi connectivity index (χ3v) is 5.01. The molecule has 0 aromatic carbocycles.